The highest BCUT2D eigenvalue weighted by atomic mass is 32.2. The van der Waals surface area contributed by atoms with Crippen molar-refractivity contribution in [1.82, 2.24) is 4.72 Å². The zero-order valence-electron chi connectivity index (χ0n) is 11.3. The van der Waals surface area contributed by atoms with Gasteiger partial charge in [-0.2, -0.15) is 0 Å². The van der Waals surface area contributed by atoms with Crippen molar-refractivity contribution < 1.29 is 23.1 Å². The number of carbonyl (C=O) groups is 1. The second kappa shape index (κ2) is 7.70. The van der Waals surface area contributed by atoms with Gasteiger partial charge in [0.15, 0.2) is 0 Å². The highest BCUT2D eigenvalue weighted by molar-refractivity contribution is 7.90. The molecule has 6 nitrogen and oxygen atoms in total. The quantitative estimate of drug-likeness (QED) is 0.653. The molecular weight excluding hydrogens is 258 g/mol. The molecule has 0 aromatic rings. The van der Waals surface area contributed by atoms with E-state index in [-0.39, 0.29) is 5.92 Å². The van der Waals surface area contributed by atoms with E-state index in [0.29, 0.717) is 19.4 Å². The number of hydrogen-bond acceptors (Lipinski definition) is 4. The van der Waals surface area contributed by atoms with Gasteiger partial charge in [0.05, 0.1) is 5.25 Å². The molecule has 1 unspecified atom stereocenters. The topological polar surface area (TPSA) is 92.7 Å². The van der Waals surface area contributed by atoms with Crippen molar-refractivity contribution in [1.29, 1.82) is 0 Å². The third-order valence-electron chi connectivity index (χ3n) is 3.03. The van der Waals surface area contributed by atoms with Crippen LogP contribution in [0, 0.1) is 5.92 Å². The fourth-order valence-corrected chi connectivity index (χ4v) is 2.70. The fraction of sp³-hybridized carbons (Fsp3) is 0.909. The molecule has 3 atom stereocenters. The number of carboxylic acid groups (broad SMARTS) is 1. The predicted molar refractivity (Wildman–Crippen MR) is 68.9 cm³/mol. The summed E-state index contributed by atoms with van der Waals surface area (Å²) in [5.41, 5.74) is 0. The maximum absolute atomic E-state index is 11.9. The van der Waals surface area contributed by atoms with Crippen LogP contribution >= 0.6 is 0 Å². The summed E-state index contributed by atoms with van der Waals surface area (Å²) in [5, 5.41) is 8.37. The van der Waals surface area contributed by atoms with Crippen molar-refractivity contribution in [2.75, 3.05) is 13.7 Å². The summed E-state index contributed by atoms with van der Waals surface area (Å²) < 4.78 is 31.0. The molecule has 0 heterocycles. The standard InChI is InChI=1S/C11H23NO5S/c1-5-8(2)10(11(13)14)12-18(15,16)9(3)6-7-17-4/h8-10,12H,5-7H2,1-4H3,(H,13,14)/t8-,9?,10-/m0/s1. The first-order valence-electron chi connectivity index (χ1n) is 5.99. The molecule has 0 spiro atoms. The molecular formula is C11H23NO5S. The first-order valence-corrected chi connectivity index (χ1v) is 7.53. The Balaban J connectivity index is 4.75. The van der Waals surface area contributed by atoms with Crippen molar-refractivity contribution in [3.05, 3.63) is 0 Å². The van der Waals surface area contributed by atoms with Gasteiger partial charge in [0.1, 0.15) is 6.04 Å². The van der Waals surface area contributed by atoms with E-state index in [9.17, 15) is 13.2 Å². The Kier molecular flexibility index (Phi) is 7.42. The molecule has 0 aliphatic rings. The van der Waals surface area contributed by atoms with Crippen LogP contribution in [0.3, 0.4) is 0 Å². The number of ether oxygens (including phenoxy) is 1. The molecule has 0 amide bonds. The molecule has 0 aliphatic carbocycles. The number of carboxylic acids is 1. The van der Waals surface area contributed by atoms with Gasteiger partial charge < -0.3 is 9.84 Å². The zero-order valence-corrected chi connectivity index (χ0v) is 12.2. The Hall–Kier alpha value is -0.660. The Morgan fingerprint density at radius 1 is 1.39 bits per heavy atom. The van der Waals surface area contributed by atoms with E-state index in [2.05, 4.69) is 4.72 Å². The SMILES string of the molecule is CC[C@H](C)[C@H](NS(=O)(=O)C(C)CCOC)C(=O)O. The smallest absolute Gasteiger partial charge is 0.322 e. The van der Waals surface area contributed by atoms with Gasteiger partial charge in [-0.05, 0) is 19.3 Å². The number of sulfonamides is 1. The third kappa shape index (κ3) is 5.32. The normalized spacial score (nSPS) is 17.1. The van der Waals surface area contributed by atoms with E-state index in [0.717, 1.165) is 0 Å². The molecule has 0 saturated carbocycles. The van der Waals surface area contributed by atoms with Crippen LogP contribution in [0.25, 0.3) is 0 Å². The molecule has 0 aromatic carbocycles. The molecule has 2 N–H and O–H groups in total. The Morgan fingerprint density at radius 3 is 2.33 bits per heavy atom. The van der Waals surface area contributed by atoms with Crippen molar-refractivity contribution in [2.45, 2.75) is 44.9 Å². The lowest BCUT2D eigenvalue weighted by molar-refractivity contribution is -0.140. The fourth-order valence-electron chi connectivity index (χ4n) is 1.38. The lowest BCUT2D eigenvalue weighted by Gasteiger charge is -2.22. The second-order valence-corrected chi connectivity index (χ2v) is 6.59. The maximum atomic E-state index is 11.9. The highest BCUT2D eigenvalue weighted by Gasteiger charge is 2.31. The van der Waals surface area contributed by atoms with Crippen LogP contribution in [0.4, 0.5) is 0 Å². The monoisotopic (exact) mass is 281 g/mol. The van der Waals surface area contributed by atoms with Gasteiger partial charge in [-0.3, -0.25) is 4.79 Å². The maximum Gasteiger partial charge on any atom is 0.322 e. The number of aliphatic carboxylic acids is 1. The van der Waals surface area contributed by atoms with Crippen molar-refractivity contribution in [3.8, 4) is 0 Å². The molecule has 0 aliphatic heterocycles. The molecule has 108 valence electrons. The molecule has 18 heavy (non-hydrogen) atoms. The van der Waals surface area contributed by atoms with Gasteiger partial charge in [0, 0.05) is 13.7 Å². The minimum absolute atomic E-state index is 0.257. The van der Waals surface area contributed by atoms with Crippen LogP contribution < -0.4 is 4.72 Å². The largest absolute Gasteiger partial charge is 0.480 e. The van der Waals surface area contributed by atoms with Crippen LogP contribution in [0.15, 0.2) is 0 Å². The highest BCUT2D eigenvalue weighted by Crippen LogP contribution is 2.12. The van der Waals surface area contributed by atoms with Crippen LogP contribution in [0.2, 0.25) is 0 Å². The minimum Gasteiger partial charge on any atom is -0.480 e. The van der Waals surface area contributed by atoms with E-state index in [1.165, 1.54) is 14.0 Å². The lowest BCUT2D eigenvalue weighted by Crippen LogP contribution is -2.47. The zero-order chi connectivity index (χ0) is 14.3. The summed E-state index contributed by atoms with van der Waals surface area (Å²) in [6, 6.07) is -1.08. The van der Waals surface area contributed by atoms with E-state index < -0.39 is 27.3 Å². The average molecular weight is 281 g/mol. The molecule has 0 rings (SSSR count). The van der Waals surface area contributed by atoms with Crippen LogP contribution in [0.5, 0.6) is 0 Å². The molecule has 0 saturated heterocycles. The molecule has 7 heteroatoms. The first-order chi connectivity index (χ1) is 8.26. The molecule has 0 aromatic heterocycles. The van der Waals surface area contributed by atoms with Crippen LogP contribution in [-0.2, 0) is 19.6 Å². The van der Waals surface area contributed by atoms with Crippen molar-refractivity contribution >= 4 is 16.0 Å². The number of hydrogen-bond donors (Lipinski definition) is 2. The first kappa shape index (κ1) is 17.3. The predicted octanol–water partition coefficient (Wildman–Crippen LogP) is 0.830. The average Bonchev–Trinajstić information content (AvgIpc) is 2.31. The summed E-state index contributed by atoms with van der Waals surface area (Å²) in [5.74, 6) is -1.40. The Labute approximate surface area is 109 Å². The van der Waals surface area contributed by atoms with Gasteiger partial charge in [-0.1, -0.05) is 20.3 Å². The van der Waals surface area contributed by atoms with E-state index >= 15 is 0 Å². The molecule has 0 radical (unpaired) electrons. The lowest BCUT2D eigenvalue weighted by atomic mass is 10.0. The van der Waals surface area contributed by atoms with Crippen LogP contribution in [0.1, 0.15) is 33.6 Å². The van der Waals surface area contributed by atoms with Crippen LogP contribution in [-0.4, -0.2) is 44.5 Å². The second-order valence-electron chi connectivity index (χ2n) is 4.46. The van der Waals surface area contributed by atoms with E-state index in [4.69, 9.17) is 9.84 Å². The van der Waals surface area contributed by atoms with Gasteiger partial charge in [0.25, 0.3) is 0 Å². The van der Waals surface area contributed by atoms with Crippen molar-refractivity contribution in [3.63, 3.8) is 0 Å². The summed E-state index contributed by atoms with van der Waals surface area (Å²) in [4.78, 5) is 11.1. The minimum atomic E-state index is -3.64. The third-order valence-corrected chi connectivity index (χ3v) is 4.91. The summed E-state index contributed by atoms with van der Waals surface area (Å²) in [6.07, 6.45) is 0.921. The Morgan fingerprint density at radius 2 is 1.94 bits per heavy atom. The summed E-state index contributed by atoms with van der Waals surface area (Å²) in [7, 11) is -2.15. The number of methoxy groups -OCH3 is 1. The van der Waals surface area contributed by atoms with Gasteiger partial charge in [0.2, 0.25) is 10.0 Å². The van der Waals surface area contributed by atoms with E-state index in [1.807, 2.05) is 6.92 Å². The number of nitrogens with one attached hydrogen (secondary N) is 1. The van der Waals surface area contributed by atoms with Gasteiger partial charge in [-0.15, -0.1) is 0 Å². The van der Waals surface area contributed by atoms with Crippen molar-refractivity contribution in [2.24, 2.45) is 5.92 Å². The van der Waals surface area contributed by atoms with Gasteiger partial charge >= 0.3 is 5.97 Å². The molecule has 0 bridgehead atoms. The van der Waals surface area contributed by atoms with Gasteiger partial charge in [-0.25, -0.2) is 13.1 Å². The summed E-state index contributed by atoms with van der Waals surface area (Å²) in [6.45, 7) is 5.39. The number of rotatable bonds is 9. The van der Waals surface area contributed by atoms with E-state index in [1.54, 1.807) is 6.92 Å². The Bertz CT molecular complexity index is 354. The summed E-state index contributed by atoms with van der Waals surface area (Å²) >= 11 is 0. The molecule has 0 fully saturated rings.